The van der Waals surface area contributed by atoms with Crippen LogP contribution < -0.4 is 10.1 Å². The smallest absolute Gasteiger partial charge is 0.177 e. The first-order valence-corrected chi connectivity index (χ1v) is 4.28. The maximum Gasteiger partial charge on any atom is 0.177 e. The van der Waals surface area contributed by atoms with Crippen molar-refractivity contribution in [3.05, 3.63) is 28.5 Å². The summed E-state index contributed by atoms with van der Waals surface area (Å²) in [6, 6.07) is 2.92. The Morgan fingerprint density at radius 3 is 2.71 bits per heavy atom. The summed E-state index contributed by atoms with van der Waals surface area (Å²) < 4.78 is 18.4. The molecule has 2 N–H and O–H groups in total. The van der Waals surface area contributed by atoms with Crippen LogP contribution in [0.2, 0.25) is 5.02 Å². The van der Waals surface area contributed by atoms with Gasteiger partial charge in [-0.15, -0.1) is 0 Å². The van der Waals surface area contributed by atoms with Gasteiger partial charge in [-0.05, 0) is 12.1 Å². The van der Waals surface area contributed by atoms with E-state index < -0.39 is 5.82 Å². The van der Waals surface area contributed by atoms with E-state index in [1.165, 1.54) is 19.2 Å². The largest absolute Gasteiger partial charge is 0.492 e. The van der Waals surface area contributed by atoms with E-state index in [1.807, 2.05) is 0 Å². The lowest BCUT2D eigenvalue weighted by Gasteiger charge is -2.09. The first kappa shape index (κ1) is 10.8. The molecule has 0 amide bonds. The number of ether oxygens (including phenoxy) is 1. The Morgan fingerprint density at radius 2 is 2.21 bits per heavy atom. The molecular formula is C9H10ClFN2O. The van der Waals surface area contributed by atoms with E-state index in [0.717, 1.165) is 0 Å². The zero-order valence-corrected chi connectivity index (χ0v) is 8.57. The molecule has 1 aromatic carbocycles. The van der Waals surface area contributed by atoms with E-state index in [0.29, 0.717) is 0 Å². The Balaban J connectivity index is 3.28. The third kappa shape index (κ3) is 1.80. The minimum Gasteiger partial charge on any atom is -0.492 e. The Labute approximate surface area is 86.3 Å². The fraction of sp³-hybridized carbons (Fsp3) is 0.222. The monoisotopic (exact) mass is 216 g/mol. The average molecular weight is 217 g/mol. The molecule has 0 aliphatic rings. The van der Waals surface area contributed by atoms with Crippen LogP contribution in [-0.2, 0) is 0 Å². The number of benzene rings is 1. The lowest BCUT2D eigenvalue weighted by atomic mass is 10.2. The number of amidine groups is 1. The maximum atomic E-state index is 13.6. The van der Waals surface area contributed by atoms with Gasteiger partial charge in [-0.1, -0.05) is 11.6 Å². The summed E-state index contributed by atoms with van der Waals surface area (Å²) in [7, 11) is 2.87. The second-order valence-electron chi connectivity index (χ2n) is 2.57. The van der Waals surface area contributed by atoms with Crippen molar-refractivity contribution in [2.75, 3.05) is 14.2 Å². The average Bonchev–Trinajstić information content (AvgIpc) is 2.18. The maximum absolute atomic E-state index is 13.6. The second-order valence-corrected chi connectivity index (χ2v) is 2.97. The van der Waals surface area contributed by atoms with Crippen LogP contribution in [0.3, 0.4) is 0 Å². The molecule has 0 aliphatic heterocycles. The summed E-state index contributed by atoms with van der Waals surface area (Å²) in [4.78, 5) is 0. The molecule has 0 aromatic heterocycles. The zero-order valence-electron chi connectivity index (χ0n) is 7.82. The van der Waals surface area contributed by atoms with Crippen LogP contribution in [0.5, 0.6) is 5.75 Å². The van der Waals surface area contributed by atoms with Crippen LogP contribution in [0.4, 0.5) is 4.39 Å². The van der Waals surface area contributed by atoms with Gasteiger partial charge in [0.1, 0.15) is 5.84 Å². The van der Waals surface area contributed by atoms with Crippen LogP contribution >= 0.6 is 11.6 Å². The molecule has 0 heterocycles. The SMILES string of the molecule is CNC(=N)c1ccc(Cl)c(OC)c1F. The van der Waals surface area contributed by atoms with Crippen molar-refractivity contribution >= 4 is 17.4 Å². The van der Waals surface area contributed by atoms with E-state index in [1.54, 1.807) is 7.05 Å². The molecule has 0 radical (unpaired) electrons. The van der Waals surface area contributed by atoms with E-state index in [2.05, 4.69) is 5.32 Å². The first-order valence-electron chi connectivity index (χ1n) is 3.90. The lowest BCUT2D eigenvalue weighted by Crippen LogP contribution is -2.19. The van der Waals surface area contributed by atoms with Crippen LogP contribution in [0.15, 0.2) is 12.1 Å². The first-order chi connectivity index (χ1) is 6.61. The fourth-order valence-electron chi connectivity index (χ4n) is 1.05. The number of halogens is 2. The van der Waals surface area contributed by atoms with Gasteiger partial charge in [-0.25, -0.2) is 4.39 Å². The van der Waals surface area contributed by atoms with Crippen molar-refractivity contribution in [2.45, 2.75) is 0 Å². The van der Waals surface area contributed by atoms with E-state index >= 15 is 0 Å². The van der Waals surface area contributed by atoms with Crippen LogP contribution in [0, 0.1) is 11.2 Å². The van der Waals surface area contributed by atoms with Gasteiger partial charge in [0, 0.05) is 7.05 Å². The molecule has 1 aromatic rings. The highest BCUT2D eigenvalue weighted by Crippen LogP contribution is 2.29. The predicted molar refractivity (Wildman–Crippen MR) is 53.9 cm³/mol. The van der Waals surface area contributed by atoms with Crippen molar-refractivity contribution in [3.63, 3.8) is 0 Å². The van der Waals surface area contributed by atoms with E-state index in [4.69, 9.17) is 21.7 Å². The van der Waals surface area contributed by atoms with Crippen LogP contribution in [0.25, 0.3) is 0 Å². The highest BCUT2D eigenvalue weighted by Gasteiger charge is 2.15. The molecule has 0 saturated heterocycles. The summed E-state index contributed by atoms with van der Waals surface area (Å²) in [5.41, 5.74) is 0.133. The molecule has 14 heavy (non-hydrogen) atoms. The van der Waals surface area contributed by atoms with Crippen molar-refractivity contribution < 1.29 is 9.13 Å². The van der Waals surface area contributed by atoms with Crippen LogP contribution in [-0.4, -0.2) is 20.0 Å². The van der Waals surface area contributed by atoms with Gasteiger partial charge in [0.15, 0.2) is 11.6 Å². The molecule has 0 fully saturated rings. The minimum absolute atomic E-state index is 0.0162. The van der Waals surface area contributed by atoms with Crippen LogP contribution in [0.1, 0.15) is 5.56 Å². The molecule has 0 atom stereocenters. The topological polar surface area (TPSA) is 45.1 Å². The molecule has 1 rings (SSSR count). The zero-order chi connectivity index (χ0) is 10.7. The minimum atomic E-state index is -0.626. The molecular weight excluding hydrogens is 207 g/mol. The molecule has 0 saturated carbocycles. The second kappa shape index (κ2) is 4.28. The molecule has 0 unspecified atom stereocenters. The summed E-state index contributed by atoms with van der Waals surface area (Å²) in [6.07, 6.45) is 0. The van der Waals surface area contributed by atoms with Crippen molar-refractivity contribution in [1.82, 2.24) is 5.32 Å². The summed E-state index contributed by atoms with van der Waals surface area (Å²) in [5, 5.41) is 10.1. The molecule has 3 nitrogen and oxygen atoms in total. The predicted octanol–water partition coefficient (Wildman–Crippen LogP) is 2.03. The number of hydrogen-bond donors (Lipinski definition) is 2. The molecule has 0 bridgehead atoms. The van der Waals surface area contributed by atoms with Crippen molar-refractivity contribution in [2.24, 2.45) is 0 Å². The van der Waals surface area contributed by atoms with Gasteiger partial charge in [0.2, 0.25) is 0 Å². The summed E-state index contributed by atoms with van der Waals surface area (Å²) in [6.45, 7) is 0. The van der Waals surface area contributed by atoms with Gasteiger partial charge < -0.3 is 10.1 Å². The van der Waals surface area contributed by atoms with Crippen molar-refractivity contribution in [1.29, 1.82) is 5.41 Å². The van der Waals surface area contributed by atoms with Gasteiger partial charge in [-0.2, -0.15) is 0 Å². The Morgan fingerprint density at radius 1 is 1.57 bits per heavy atom. The Bertz CT molecular complexity index is 368. The van der Waals surface area contributed by atoms with E-state index in [-0.39, 0.29) is 22.2 Å². The quantitative estimate of drug-likeness (QED) is 0.587. The third-order valence-electron chi connectivity index (χ3n) is 1.77. The van der Waals surface area contributed by atoms with Gasteiger partial charge in [0.05, 0.1) is 17.7 Å². The summed E-state index contributed by atoms with van der Waals surface area (Å²) >= 11 is 5.69. The number of hydrogen-bond acceptors (Lipinski definition) is 2. The Hall–Kier alpha value is -1.29. The van der Waals surface area contributed by atoms with Gasteiger partial charge in [0.25, 0.3) is 0 Å². The molecule has 76 valence electrons. The number of methoxy groups -OCH3 is 1. The highest BCUT2D eigenvalue weighted by atomic mass is 35.5. The number of nitrogens with one attached hydrogen (secondary N) is 2. The van der Waals surface area contributed by atoms with Gasteiger partial charge in [-0.3, -0.25) is 5.41 Å². The fourth-order valence-corrected chi connectivity index (χ4v) is 1.27. The molecule has 0 aliphatic carbocycles. The highest BCUT2D eigenvalue weighted by molar-refractivity contribution is 6.32. The third-order valence-corrected chi connectivity index (χ3v) is 2.07. The van der Waals surface area contributed by atoms with E-state index in [9.17, 15) is 4.39 Å². The lowest BCUT2D eigenvalue weighted by molar-refractivity contribution is 0.386. The molecule has 5 heteroatoms. The van der Waals surface area contributed by atoms with Gasteiger partial charge >= 0.3 is 0 Å². The van der Waals surface area contributed by atoms with Crippen molar-refractivity contribution in [3.8, 4) is 5.75 Å². The standard InChI is InChI=1S/C9H10ClFN2O/c1-13-9(12)5-3-4-6(10)8(14-2)7(5)11/h3-4H,1-2H3,(H2,12,13). The normalized spacial score (nSPS) is 9.71. The summed E-state index contributed by atoms with van der Waals surface area (Å²) in [5.74, 6) is -0.680. The number of rotatable bonds is 2. The molecule has 0 spiro atoms. The Kier molecular flexibility index (Phi) is 3.30.